The molecule has 3 aromatic rings. The molecule has 1 N–H and O–H groups in total. The van der Waals surface area contributed by atoms with Gasteiger partial charge in [-0.05, 0) is 26.1 Å². The van der Waals surface area contributed by atoms with Crippen LogP contribution >= 0.6 is 7.92 Å². The van der Waals surface area contributed by atoms with Crippen LogP contribution in [0.4, 0.5) is 0 Å². The molecule has 6 heteroatoms. The summed E-state index contributed by atoms with van der Waals surface area (Å²) >= 11 is 0. The summed E-state index contributed by atoms with van der Waals surface area (Å²) in [5.41, 5.74) is 0. The van der Waals surface area contributed by atoms with Crippen molar-refractivity contribution in [1.29, 1.82) is 0 Å². The van der Waals surface area contributed by atoms with Crippen molar-refractivity contribution in [3.8, 4) is 17.2 Å². The molecule has 0 spiro atoms. The second-order valence-electron chi connectivity index (χ2n) is 5.86. The Hall–Kier alpha value is -2.59. The lowest BCUT2D eigenvalue weighted by molar-refractivity contribution is 0.0519. The summed E-state index contributed by atoms with van der Waals surface area (Å²) in [5, 5.41) is 13.4. The highest BCUT2D eigenvalue weighted by molar-refractivity contribution is 7.80. The summed E-state index contributed by atoms with van der Waals surface area (Å²) in [6.45, 7) is 0.283. The van der Waals surface area contributed by atoms with Gasteiger partial charge in [-0.15, -0.1) is 0 Å². The number of para-hydroxylation sites is 3. The van der Waals surface area contributed by atoms with Crippen LogP contribution in [-0.4, -0.2) is 32.9 Å². The molecule has 0 atom stereocenters. The molecule has 3 aromatic carbocycles. The van der Waals surface area contributed by atoms with Crippen molar-refractivity contribution >= 4 is 23.8 Å². The Morgan fingerprint density at radius 1 is 0.643 bits per heavy atom. The van der Waals surface area contributed by atoms with Gasteiger partial charge < -0.3 is 24.1 Å². The average molecular weight is 398 g/mol. The topological polar surface area (TPSA) is 57.2 Å². The van der Waals surface area contributed by atoms with Crippen LogP contribution in [0.5, 0.6) is 17.2 Å². The van der Waals surface area contributed by atoms with E-state index in [1.807, 2.05) is 66.7 Å². The Kier molecular flexibility index (Phi) is 7.26. The zero-order valence-electron chi connectivity index (χ0n) is 15.9. The second kappa shape index (κ2) is 10.1. The fraction of sp³-hybridized carbons (Fsp3) is 0.182. The first-order valence-corrected chi connectivity index (χ1v) is 10.1. The van der Waals surface area contributed by atoms with Crippen molar-refractivity contribution in [3.05, 3.63) is 72.8 Å². The predicted octanol–water partition coefficient (Wildman–Crippen LogP) is 3.12. The quantitative estimate of drug-likeness (QED) is 0.443. The van der Waals surface area contributed by atoms with Crippen LogP contribution in [0.2, 0.25) is 0 Å². The minimum Gasteiger partial charge on any atom is -0.507 e. The highest BCUT2D eigenvalue weighted by Crippen LogP contribution is 2.41. The normalized spacial score (nSPS) is 10.8. The standard InChI is InChI=1S/C22H23O5P/c1-24-15-26-18-10-4-7-13-21(18)28(20-12-6-3-9-17(20)23)22-14-8-5-11-19(22)27-16-25-2/h3-14,23H,15-16H2,1-2H3. The van der Waals surface area contributed by atoms with Crippen LogP contribution in [0.3, 0.4) is 0 Å². The Balaban J connectivity index is 2.18. The molecule has 0 fully saturated rings. The van der Waals surface area contributed by atoms with Crippen molar-refractivity contribution in [1.82, 2.24) is 0 Å². The van der Waals surface area contributed by atoms with Crippen LogP contribution in [0.25, 0.3) is 0 Å². The molecule has 0 saturated carbocycles. The molecule has 0 aliphatic carbocycles. The lowest BCUT2D eigenvalue weighted by Crippen LogP contribution is -2.24. The average Bonchev–Trinajstić information content (AvgIpc) is 2.74. The molecule has 0 amide bonds. The van der Waals surface area contributed by atoms with Crippen molar-refractivity contribution in [2.24, 2.45) is 0 Å². The van der Waals surface area contributed by atoms with Gasteiger partial charge in [-0.2, -0.15) is 0 Å². The van der Waals surface area contributed by atoms with Crippen molar-refractivity contribution < 1.29 is 24.1 Å². The SMILES string of the molecule is COCOc1ccccc1P(c1ccccc1O)c1ccccc1OCOC. The summed E-state index contributed by atoms with van der Waals surface area (Å²) in [5.74, 6) is 1.65. The number of aromatic hydroxyl groups is 1. The maximum Gasteiger partial charge on any atom is 0.188 e. The zero-order chi connectivity index (χ0) is 19.8. The van der Waals surface area contributed by atoms with E-state index in [9.17, 15) is 5.11 Å². The third-order valence-electron chi connectivity index (χ3n) is 4.00. The molecule has 146 valence electrons. The molecule has 28 heavy (non-hydrogen) atoms. The van der Waals surface area contributed by atoms with E-state index >= 15 is 0 Å². The molecule has 0 radical (unpaired) electrons. The maximum atomic E-state index is 10.6. The van der Waals surface area contributed by atoms with Crippen LogP contribution in [0, 0.1) is 0 Å². The number of methoxy groups -OCH3 is 2. The first-order chi connectivity index (χ1) is 13.8. The molecule has 0 bridgehead atoms. The Labute approximate surface area is 166 Å². The van der Waals surface area contributed by atoms with Gasteiger partial charge in [0.05, 0.1) is 0 Å². The van der Waals surface area contributed by atoms with E-state index < -0.39 is 7.92 Å². The first-order valence-electron chi connectivity index (χ1n) is 8.76. The van der Waals surface area contributed by atoms with Gasteiger partial charge in [-0.1, -0.05) is 54.6 Å². The van der Waals surface area contributed by atoms with E-state index in [0.29, 0.717) is 11.5 Å². The third kappa shape index (κ3) is 4.63. The van der Waals surface area contributed by atoms with Crippen molar-refractivity contribution in [3.63, 3.8) is 0 Å². The van der Waals surface area contributed by atoms with Crippen LogP contribution in [0.1, 0.15) is 0 Å². The zero-order valence-corrected chi connectivity index (χ0v) is 16.8. The Morgan fingerprint density at radius 3 is 1.54 bits per heavy atom. The van der Waals surface area contributed by atoms with E-state index in [-0.39, 0.29) is 19.3 Å². The smallest absolute Gasteiger partial charge is 0.188 e. The van der Waals surface area contributed by atoms with Crippen LogP contribution < -0.4 is 25.4 Å². The fourth-order valence-electron chi connectivity index (χ4n) is 2.82. The molecular weight excluding hydrogens is 375 g/mol. The molecule has 0 aliphatic rings. The van der Waals surface area contributed by atoms with Gasteiger partial charge >= 0.3 is 0 Å². The first kappa shape index (κ1) is 20.2. The van der Waals surface area contributed by atoms with Crippen LogP contribution in [-0.2, 0) is 9.47 Å². The minimum atomic E-state index is -1.15. The summed E-state index contributed by atoms with van der Waals surface area (Å²) in [6.07, 6.45) is 0. The lowest BCUT2D eigenvalue weighted by atomic mass is 10.3. The Bertz CT molecular complexity index is 848. The van der Waals surface area contributed by atoms with Gasteiger partial charge in [0.15, 0.2) is 13.6 Å². The molecular formula is C22H23O5P. The van der Waals surface area contributed by atoms with Gasteiger partial charge in [0.25, 0.3) is 0 Å². The Morgan fingerprint density at radius 2 is 1.07 bits per heavy atom. The predicted molar refractivity (Wildman–Crippen MR) is 112 cm³/mol. The molecule has 0 aromatic heterocycles. The van der Waals surface area contributed by atoms with E-state index in [0.717, 1.165) is 15.9 Å². The molecule has 0 aliphatic heterocycles. The van der Waals surface area contributed by atoms with Gasteiger partial charge in [-0.3, -0.25) is 0 Å². The van der Waals surface area contributed by atoms with Gasteiger partial charge in [0, 0.05) is 30.1 Å². The molecule has 0 saturated heterocycles. The lowest BCUT2D eigenvalue weighted by Gasteiger charge is -2.24. The molecule has 3 rings (SSSR count). The minimum absolute atomic E-state index is 0.142. The number of hydrogen-bond acceptors (Lipinski definition) is 5. The van der Waals surface area contributed by atoms with E-state index in [1.165, 1.54) is 0 Å². The molecule has 0 heterocycles. The van der Waals surface area contributed by atoms with Gasteiger partial charge in [-0.25, -0.2) is 0 Å². The number of hydrogen-bond donors (Lipinski definition) is 1. The summed E-state index contributed by atoms with van der Waals surface area (Å²) < 4.78 is 21.8. The molecule has 0 unspecified atom stereocenters. The van der Waals surface area contributed by atoms with Gasteiger partial charge in [0.1, 0.15) is 17.2 Å². The molecule has 5 nitrogen and oxygen atoms in total. The highest BCUT2D eigenvalue weighted by atomic mass is 31.1. The fourth-order valence-corrected chi connectivity index (χ4v) is 5.32. The van der Waals surface area contributed by atoms with Crippen molar-refractivity contribution in [2.45, 2.75) is 0 Å². The number of phenols is 1. The largest absolute Gasteiger partial charge is 0.507 e. The number of ether oxygens (including phenoxy) is 4. The van der Waals surface area contributed by atoms with Gasteiger partial charge in [0.2, 0.25) is 0 Å². The van der Waals surface area contributed by atoms with E-state index in [4.69, 9.17) is 18.9 Å². The second-order valence-corrected chi connectivity index (χ2v) is 7.98. The highest BCUT2D eigenvalue weighted by Gasteiger charge is 2.25. The van der Waals surface area contributed by atoms with Crippen LogP contribution in [0.15, 0.2) is 72.8 Å². The summed E-state index contributed by atoms with van der Waals surface area (Å²) in [7, 11) is 2.02. The number of rotatable bonds is 9. The van der Waals surface area contributed by atoms with E-state index in [1.54, 1.807) is 20.3 Å². The number of phenolic OH excluding ortho intramolecular Hbond substituents is 1. The van der Waals surface area contributed by atoms with Crippen molar-refractivity contribution in [2.75, 3.05) is 27.8 Å². The summed E-state index contributed by atoms with van der Waals surface area (Å²) in [4.78, 5) is 0. The summed E-state index contributed by atoms with van der Waals surface area (Å²) in [6, 6.07) is 22.9. The number of benzene rings is 3. The maximum absolute atomic E-state index is 10.6. The third-order valence-corrected chi connectivity index (χ3v) is 6.56. The van der Waals surface area contributed by atoms with E-state index in [2.05, 4.69) is 0 Å². The monoisotopic (exact) mass is 398 g/mol.